The SMILES string of the molecule is CC(C)OCCOCC(O)CNCC(C)C1CC1. The fraction of sp³-hybridized carbons (Fsp3) is 1.00. The Kier molecular flexibility index (Phi) is 7.82. The van der Waals surface area contributed by atoms with Crippen LogP contribution in [0.15, 0.2) is 0 Å². The normalized spacial score (nSPS) is 19.2. The average molecular weight is 259 g/mol. The van der Waals surface area contributed by atoms with E-state index in [1.807, 2.05) is 13.8 Å². The van der Waals surface area contributed by atoms with Crippen LogP contribution < -0.4 is 5.32 Å². The Morgan fingerprint density at radius 1 is 1.17 bits per heavy atom. The maximum Gasteiger partial charge on any atom is 0.0897 e. The van der Waals surface area contributed by atoms with Crippen LogP contribution in [0.1, 0.15) is 33.6 Å². The van der Waals surface area contributed by atoms with Crippen molar-refractivity contribution in [2.45, 2.75) is 45.8 Å². The van der Waals surface area contributed by atoms with E-state index in [9.17, 15) is 5.11 Å². The van der Waals surface area contributed by atoms with Gasteiger partial charge in [0.2, 0.25) is 0 Å². The maximum absolute atomic E-state index is 9.70. The summed E-state index contributed by atoms with van der Waals surface area (Å²) in [5, 5.41) is 13.0. The van der Waals surface area contributed by atoms with E-state index in [4.69, 9.17) is 9.47 Å². The van der Waals surface area contributed by atoms with E-state index < -0.39 is 6.10 Å². The Hall–Kier alpha value is -0.160. The summed E-state index contributed by atoms with van der Waals surface area (Å²) in [5.41, 5.74) is 0. The molecule has 0 bridgehead atoms. The van der Waals surface area contributed by atoms with Crippen molar-refractivity contribution in [1.82, 2.24) is 5.32 Å². The Morgan fingerprint density at radius 3 is 2.50 bits per heavy atom. The van der Waals surface area contributed by atoms with Crippen LogP contribution in [0, 0.1) is 11.8 Å². The molecule has 0 aromatic heterocycles. The van der Waals surface area contributed by atoms with Gasteiger partial charge < -0.3 is 19.9 Å². The Bertz CT molecular complexity index is 207. The van der Waals surface area contributed by atoms with Crippen molar-refractivity contribution >= 4 is 0 Å². The first-order valence-corrected chi connectivity index (χ1v) is 7.17. The maximum atomic E-state index is 9.70. The van der Waals surface area contributed by atoms with Crippen LogP contribution in [0.2, 0.25) is 0 Å². The molecule has 0 radical (unpaired) electrons. The van der Waals surface area contributed by atoms with Gasteiger partial charge in [0.15, 0.2) is 0 Å². The van der Waals surface area contributed by atoms with Gasteiger partial charge in [-0.2, -0.15) is 0 Å². The van der Waals surface area contributed by atoms with E-state index in [1.165, 1.54) is 12.8 Å². The minimum atomic E-state index is -0.421. The van der Waals surface area contributed by atoms with E-state index in [-0.39, 0.29) is 6.10 Å². The molecular weight excluding hydrogens is 230 g/mol. The lowest BCUT2D eigenvalue weighted by Gasteiger charge is -2.15. The smallest absolute Gasteiger partial charge is 0.0897 e. The van der Waals surface area contributed by atoms with Crippen molar-refractivity contribution in [1.29, 1.82) is 0 Å². The van der Waals surface area contributed by atoms with Gasteiger partial charge in [-0.3, -0.25) is 0 Å². The molecule has 1 aliphatic rings. The molecule has 4 heteroatoms. The molecule has 0 aromatic carbocycles. The summed E-state index contributed by atoms with van der Waals surface area (Å²) in [6.07, 6.45) is 2.58. The molecule has 2 N–H and O–H groups in total. The Labute approximate surface area is 111 Å². The molecule has 0 heterocycles. The predicted molar refractivity (Wildman–Crippen MR) is 72.7 cm³/mol. The van der Waals surface area contributed by atoms with Gasteiger partial charge in [0.25, 0.3) is 0 Å². The summed E-state index contributed by atoms with van der Waals surface area (Å²) in [6.45, 7) is 9.41. The molecule has 2 unspecified atom stereocenters. The van der Waals surface area contributed by atoms with Gasteiger partial charge in [-0.15, -0.1) is 0 Å². The monoisotopic (exact) mass is 259 g/mol. The summed E-state index contributed by atoms with van der Waals surface area (Å²) in [5.74, 6) is 1.65. The predicted octanol–water partition coefficient (Wildman–Crippen LogP) is 1.42. The molecule has 108 valence electrons. The average Bonchev–Trinajstić information content (AvgIpc) is 3.11. The van der Waals surface area contributed by atoms with Gasteiger partial charge in [0.05, 0.1) is 32.0 Å². The number of ether oxygens (including phenoxy) is 2. The second-order valence-electron chi connectivity index (χ2n) is 5.62. The second kappa shape index (κ2) is 8.86. The summed E-state index contributed by atoms with van der Waals surface area (Å²) in [7, 11) is 0. The van der Waals surface area contributed by atoms with Crippen LogP contribution in [-0.2, 0) is 9.47 Å². The van der Waals surface area contributed by atoms with Crippen molar-refractivity contribution in [3.63, 3.8) is 0 Å². The van der Waals surface area contributed by atoms with Gasteiger partial charge in [0.1, 0.15) is 0 Å². The van der Waals surface area contributed by atoms with Crippen molar-refractivity contribution in [3.05, 3.63) is 0 Å². The topological polar surface area (TPSA) is 50.7 Å². The molecule has 2 atom stereocenters. The van der Waals surface area contributed by atoms with Gasteiger partial charge in [-0.25, -0.2) is 0 Å². The Balaban J connectivity index is 1.85. The van der Waals surface area contributed by atoms with E-state index in [1.54, 1.807) is 0 Å². The highest BCUT2D eigenvalue weighted by molar-refractivity contribution is 4.80. The molecule has 18 heavy (non-hydrogen) atoms. The number of rotatable bonds is 11. The van der Waals surface area contributed by atoms with Crippen LogP contribution in [0.4, 0.5) is 0 Å². The first-order chi connectivity index (χ1) is 8.59. The fourth-order valence-electron chi connectivity index (χ4n) is 1.93. The van der Waals surface area contributed by atoms with Crippen molar-refractivity contribution in [3.8, 4) is 0 Å². The lowest BCUT2D eigenvalue weighted by atomic mass is 10.1. The zero-order valence-corrected chi connectivity index (χ0v) is 12.0. The number of hydrogen-bond acceptors (Lipinski definition) is 4. The molecule has 1 fully saturated rings. The highest BCUT2D eigenvalue weighted by Gasteiger charge is 2.27. The molecule has 1 rings (SSSR count). The summed E-state index contributed by atoms with van der Waals surface area (Å²) in [4.78, 5) is 0. The molecule has 1 saturated carbocycles. The third-order valence-corrected chi connectivity index (χ3v) is 3.26. The zero-order valence-electron chi connectivity index (χ0n) is 12.0. The number of hydrogen-bond donors (Lipinski definition) is 2. The van der Waals surface area contributed by atoms with Crippen molar-refractivity contribution in [2.75, 3.05) is 32.9 Å². The van der Waals surface area contributed by atoms with Crippen LogP contribution in [0.5, 0.6) is 0 Å². The molecule has 0 spiro atoms. The quantitative estimate of drug-likeness (QED) is 0.551. The summed E-state index contributed by atoms with van der Waals surface area (Å²) in [6, 6.07) is 0. The van der Waals surface area contributed by atoms with Crippen LogP contribution in [0.25, 0.3) is 0 Å². The first-order valence-electron chi connectivity index (χ1n) is 7.17. The van der Waals surface area contributed by atoms with E-state index in [2.05, 4.69) is 12.2 Å². The third kappa shape index (κ3) is 8.03. The number of aliphatic hydroxyl groups excluding tert-OH is 1. The summed E-state index contributed by atoms with van der Waals surface area (Å²) < 4.78 is 10.7. The molecule has 0 amide bonds. The second-order valence-corrected chi connectivity index (χ2v) is 5.62. The fourth-order valence-corrected chi connectivity index (χ4v) is 1.93. The zero-order chi connectivity index (χ0) is 13.4. The largest absolute Gasteiger partial charge is 0.389 e. The van der Waals surface area contributed by atoms with E-state index in [0.29, 0.717) is 26.4 Å². The highest BCUT2D eigenvalue weighted by atomic mass is 16.5. The number of aliphatic hydroxyl groups is 1. The highest BCUT2D eigenvalue weighted by Crippen LogP contribution is 2.35. The molecule has 1 aliphatic carbocycles. The van der Waals surface area contributed by atoms with Crippen LogP contribution >= 0.6 is 0 Å². The van der Waals surface area contributed by atoms with Gasteiger partial charge in [0, 0.05) is 6.54 Å². The lowest BCUT2D eigenvalue weighted by molar-refractivity contribution is -0.0101. The van der Waals surface area contributed by atoms with Gasteiger partial charge in [-0.05, 0) is 45.1 Å². The van der Waals surface area contributed by atoms with E-state index >= 15 is 0 Å². The van der Waals surface area contributed by atoms with Crippen LogP contribution in [-0.4, -0.2) is 50.2 Å². The van der Waals surface area contributed by atoms with Gasteiger partial charge >= 0.3 is 0 Å². The van der Waals surface area contributed by atoms with Crippen molar-refractivity contribution < 1.29 is 14.6 Å². The molecule has 0 aliphatic heterocycles. The molecule has 0 saturated heterocycles. The third-order valence-electron chi connectivity index (χ3n) is 3.26. The minimum Gasteiger partial charge on any atom is -0.389 e. The molecule has 0 aromatic rings. The minimum absolute atomic E-state index is 0.240. The van der Waals surface area contributed by atoms with Gasteiger partial charge in [-0.1, -0.05) is 6.92 Å². The Morgan fingerprint density at radius 2 is 1.89 bits per heavy atom. The standard InChI is InChI=1S/C14H29NO3/c1-11(2)18-7-6-17-10-14(16)9-15-8-12(3)13-4-5-13/h11-16H,4-10H2,1-3H3. The van der Waals surface area contributed by atoms with Crippen molar-refractivity contribution in [2.24, 2.45) is 11.8 Å². The molecule has 4 nitrogen and oxygen atoms in total. The first kappa shape index (κ1) is 15.9. The number of nitrogens with one attached hydrogen (secondary N) is 1. The summed E-state index contributed by atoms with van der Waals surface area (Å²) >= 11 is 0. The lowest BCUT2D eigenvalue weighted by Crippen LogP contribution is -2.33. The van der Waals surface area contributed by atoms with Crippen LogP contribution in [0.3, 0.4) is 0 Å². The van der Waals surface area contributed by atoms with E-state index in [0.717, 1.165) is 18.4 Å². The molecular formula is C14H29NO3.